The van der Waals surface area contributed by atoms with Crippen LogP contribution in [-0.2, 0) is 10.0 Å². The van der Waals surface area contributed by atoms with Gasteiger partial charge in [0.1, 0.15) is 0 Å². The molecule has 1 fully saturated rings. The molecule has 0 bridgehead atoms. The largest absolute Gasteiger partial charge is 0.366 e. The minimum Gasteiger partial charge on any atom is -0.366 e. The first kappa shape index (κ1) is 22.1. The molecular weight excluding hydrogens is 483 g/mol. The van der Waals surface area contributed by atoms with Crippen molar-refractivity contribution in [2.24, 2.45) is 0 Å². The molecule has 0 radical (unpaired) electrons. The second kappa shape index (κ2) is 9.58. The zero-order valence-electron chi connectivity index (χ0n) is 16.0. The maximum atomic E-state index is 12.7. The molecule has 3 aromatic rings. The van der Waals surface area contributed by atoms with Crippen LogP contribution in [0, 0.1) is 0 Å². The highest BCUT2D eigenvalue weighted by Gasteiger charge is 2.28. The lowest BCUT2D eigenvalue weighted by atomic mass is 10.3. The summed E-state index contributed by atoms with van der Waals surface area (Å²) in [5, 5.41) is 0.955. The molecular formula is C19H20Cl2N4O2S3. The summed E-state index contributed by atoms with van der Waals surface area (Å²) in [5.41, 5.74) is 1.71. The third kappa shape index (κ3) is 5.03. The average Bonchev–Trinajstić information content (AvgIpc) is 3.14. The van der Waals surface area contributed by atoms with E-state index in [-0.39, 0.29) is 5.75 Å². The van der Waals surface area contributed by atoms with Crippen molar-refractivity contribution in [3.05, 3.63) is 46.7 Å². The maximum Gasteiger partial charge on any atom is 0.214 e. The Hall–Kier alpha value is -1.10. The van der Waals surface area contributed by atoms with Crippen molar-refractivity contribution in [1.29, 1.82) is 0 Å². The second-order valence-corrected chi connectivity index (χ2v) is 12.1. The van der Waals surface area contributed by atoms with Gasteiger partial charge >= 0.3 is 0 Å². The number of benzene rings is 1. The number of thioether (sulfide) groups is 1. The van der Waals surface area contributed by atoms with Gasteiger partial charge in [-0.25, -0.2) is 13.4 Å². The molecule has 1 aliphatic rings. The molecule has 1 aliphatic heterocycles. The average molecular weight is 504 g/mol. The van der Waals surface area contributed by atoms with E-state index in [0.717, 1.165) is 26.0 Å². The fourth-order valence-corrected chi connectivity index (χ4v) is 7.69. The summed E-state index contributed by atoms with van der Waals surface area (Å²) in [4.78, 5) is 10.6. The minimum atomic E-state index is -3.29. The zero-order valence-corrected chi connectivity index (χ0v) is 20.0. The van der Waals surface area contributed by atoms with Crippen LogP contribution in [0.2, 0.25) is 10.0 Å². The number of sulfonamides is 1. The molecule has 160 valence electrons. The van der Waals surface area contributed by atoms with Crippen molar-refractivity contribution in [2.75, 3.05) is 42.6 Å². The molecule has 1 saturated heterocycles. The van der Waals surface area contributed by atoms with Gasteiger partial charge in [0, 0.05) is 44.3 Å². The summed E-state index contributed by atoms with van der Waals surface area (Å²) in [6.45, 7) is 1.93. The number of pyridine rings is 1. The third-order valence-electron chi connectivity index (χ3n) is 4.82. The predicted molar refractivity (Wildman–Crippen MR) is 127 cm³/mol. The number of thiazole rings is 1. The molecule has 30 heavy (non-hydrogen) atoms. The normalized spacial score (nSPS) is 15.7. The molecule has 3 heterocycles. The van der Waals surface area contributed by atoms with Crippen LogP contribution >= 0.6 is 46.3 Å². The number of fused-ring (bicyclic) bond motifs is 1. The van der Waals surface area contributed by atoms with E-state index in [9.17, 15) is 8.42 Å². The van der Waals surface area contributed by atoms with E-state index in [1.807, 2.05) is 29.2 Å². The molecule has 0 saturated carbocycles. The van der Waals surface area contributed by atoms with Gasteiger partial charge in [0.15, 0.2) is 4.34 Å². The van der Waals surface area contributed by atoms with Gasteiger partial charge in [-0.3, -0.25) is 4.98 Å². The number of piperazine rings is 1. The first-order valence-electron chi connectivity index (χ1n) is 9.44. The summed E-state index contributed by atoms with van der Waals surface area (Å²) >= 11 is 15.7. The Morgan fingerprint density at radius 2 is 1.77 bits per heavy atom. The second-order valence-electron chi connectivity index (χ2n) is 6.80. The molecule has 0 aliphatic carbocycles. The summed E-state index contributed by atoms with van der Waals surface area (Å²) < 4.78 is 29.2. The number of aromatic nitrogens is 2. The van der Waals surface area contributed by atoms with Crippen molar-refractivity contribution in [1.82, 2.24) is 14.3 Å². The lowest BCUT2D eigenvalue weighted by Crippen LogP contribution is -2.49. The minimum absolute atomic E-state index is 0.141. The lowest BCUT2D eigenvalue weighted by Gasteiger charge is -2.36. The smallest absolute Gasteiger partial charge is 0.214 e. The fourth-order valence-electron chi connectivity index (χ4n) is 3.34. The van der Waals surface area contributed by atoms with Crippen LogP contribution in [0.5, 0.6) is 0 Å². The third-order valence-corrected chi connectivity index (χ3v) is 9.60. The van der Waals surface area contributed by atoms with E-state index in [2.05, 4.69) is 9.97 Å². The Morgan fingerprint density at radius 3 is 2.47 bits per heavy atom. The SMILES string of the molecule is O=S(=O)(CCCSc1nc2ccccc2s1)N1CCN(c2c(Cl)cncc2Cl)CC1. The van der Waals surface area contributed by atoms with Crippen molar-refractivity contribution in [3.8, 4) is 0 Å². The molecule has 11 heteroatoms. The van der Waals surface area contributed by atoms with E-state index < -0.39 is 10.0 Å². The van der Waals surface area contributed by atoms with Gasteiger partial charge in [-0.05, 0) is 18.6 Å². The standard InChI is InChI=1S/C19H20Cl2N4O2S3/c20-14-12-22-13-15(21)18(14)24-6-8-25(9-7-24)30(26,27)11-3-10-28-19-23-16-4-1-2-5-17(16)29-19/h1-2,4-5,12-13H,3,6-11H2. The summed E-state index contributed by atoms with van der Waals surface area (Å²) in [7, 11) is -3.29. The van der Waals surface area contributed by atoms with E-state index in [0.29, 0.717) is 42.6 Å². The molecule has 4 rings (SSSR count). The van der Waals surface area contributed by atoms with E-state index in [1.54, 1.807) is 39.8 Å². The number of anilines is 1. The van der Waals surface area contributed by atoms with E-state index in [4.69, 9.17) is 23.2 Å². The molecule has 2 aromatic heterocycles. The van der Waals surface area contributed by atoms with Crippen molar-refractivity contribution in [3.63, 3.8) is 0 Å². The van der Waals surface area contributed by atoms with Gasteiger partial charge in [-0.15, -0.1) is 11.3 Å². The predicted octanol–water partition coefficient (Wildman–Crippen LogP) is 4.63. The molecule has 0 amide bonds. The van der Waals surface area contributed by atoms with Crippen LogP contribution in [0.15, 0.2) is 41.0 Å². The highest BCUT2D eigenvalue weighted by atomic mass is 35.5. The Labute approximate surface area is 194 Å². The highest BCUT2D eigenvalue weighted by Crippen LogP contribution is 2.33. The van der Waals surface area contributed by atoms with Gasteiger partial charge in [-0.2, -0.15) is 4.31 Å². The highest BCUT2D eigenvalue weighted by molar-refractivity contribution is 8.01. The van der Waals surface area contributed by atoms with Crippen LogP contribution in [0.4, 0.5) is 5.69 Å². The van der Waals surface area contributed by atoms with E-state index >= 15 is 0 Å². The zero-order chi connectivity index (χ0) is 21.1. The first-order valence-corrected chi connectivity index (χ1v) is 13.6. The Morgan fingerprint density at radius 1 is 1.07 bits per heavy atom. The number of halogens is 2. The van der Waals surface area contributed by atoms with Crippen LogP contribution in [0.3, 0.4) is 0 Å². The Bertz CT molecular complexity index is 1080. The summed E-state index contributed by atoms with van der Waals surface area (Å²) in [6.07, 6.45) is 3.69. The van der Waals surface area contributed by atoms with Gasteiger partial charge in [0.2, 0.25) is 10.0 Å². The van der Waals surface area contributed by atoms with Gasteiger partial charge in [0.25, 0.3) is 0 Å². The monoisotopic (exact) mass is 502 g/mol. The Balaban J connectivity index is 1.27. The number of hydrogen-bond acceptors (Lipinski definition) is 7. The number of hydrogen-bond donors (Lipinski definition) is 0. The van der Waals surface area contributed by atoms with Gasteiger partial charge in [0.05, 0.1) is 31.7 Å². The number of para-hydroxylation sites is 1. The van der Waals surface area contributed by atoms with Gasteiger partial charge in [-0.1, -0.05) is 47.1 Å². The topological polar surface area (TPSA) is 66.4 Å². The molecule has 1 aromatic carbocycles. The van der Waals surface area contributed by atoms with Crippen LogP contribution in [0.1, 0.15) is 6.42 Å². The number of rotatable bonds is 7. The van der Waals surface area contributed by atoms with Crippen LogP contribution in [-0.4, -0.2) is 60.4 Å². The molecule has 0 unspecified atom stereocenters. The molecule has 0 atom stereocenters. The molecule has 0 N–H and O–H groups in total. The number of nitrogens with zero attached hydrogens (tertiary/aromatic N) is 4. The first-order chi connectivity index (χ1) is 14.4. The lowest BCUT2D eigenvalue weighted by molar-refractivity contribution is 0.385. The molecule has 6 nitrogen and oxygen atoms in total. The summed E-state index contributed by atoms with van der Waals surface area (Å²) in [5.74, 6) is 0.864. The van der Waals surface area contributed by atoms with Crippen LogP contribution in [0.25, 0.3) is 10.2 Å². The fraction of sp³-hybridized carbons (Fsp3) is 0.368. The molecule has 0 spiro atoms. The van der Waals surface area contributed by atoms with Crippen molar-refractivity contribution >= 4 is 72.2 Å². The van der Waals surface area contributed by atoms with Crippen LogP contribution < -0.4 is 4.90 Å². The van der Waals surface area contributed by atoms with Gasteiger partial charge < -0.3 is 4.90 Å². The van der Waals surface area contributed by atoms with E-state index in [1.165, 1.54) is 0 Å². The van der Waals surface area contributed by atoms with Crippen molar-refractivity contribution < 1.29 is 8.42 Å². The van der Waals surface area contributed by atoms with Crippen molar-refractivity contribution in [2.45, 2.75) is 10.8 Å². The Kier molecular flexibility index (Phi) is 7.06. The summed E-state index contributed by atoms with van der Waals surface area (Å²) in [6, 6.07) is 8.01. The quantitative estimate of drug-likeness (QED) is 0.346. The maximum absolute atomic E-state index is 12.7.